The van der Waals surface area contributed by atoms with Gasteiger partial charge < -0.3 is 30.8 Å². The number of anilines is 1. The molecule has 2 atom stereocenters. The number of nitrogens with zero attached hydrogens (tertiary/aromatic N) is 3. The summed E-state index contributed by atoms with van der Waals surface area (Å²) in [6.07, 6.45) is 0. The lowest BCUT2D eigenvalue weighted by Gasteiger charge is -2.37. The summed E-state index contributed by atoms with van der Waals surface area (Å²) in [6.45, 7) is 3.81. The molecule has 0 radical (unpaired) electrons. The maximum Gasteiger partial charge on any atom is 0.353 e. The highest BCUT2D eigenvalue weighted by Gasteiger charge is 2.41. The summed E-state index contributed by atoms with van der Waals surface area (Å²) in [4.78, 5) is 80.8. The second-order valence-electron chi connectivity index (χ2n) is 9.26. The average molecular weight is 624 g/mol. The van der Waals surface area contributed by atoms with E-state index < -0.39 is 52.0 Å². The zero-order chi connectivity index (χ0) is 31.0. The van der Waals surface area contributed by atoms with E-state index in [2.05, 4.69) is 31.4 Å². The van der Waals surface area contributed by atoms with Crippen LogP contribution in [0.5, 0.6) is 0 Å². The molecule has 0 aliphatic carbocycles. The molecule has 2 heterocycles. The number of esters is 1. The van der Waals surface area contributed by atoms with Gasteiger partial charge in [-0.05, 0) is 31.5 Å². The molecule has 2 aromatic rings. The molecule has 0 bridgehead atoms. The van der Waals surface area contributed by atoms with Crippen molar-refractivity contribution in [3.63, 3.8) is 0 Å². The van der Waals surface area contributed by atoms with E-state index in [0.29, 0.717) is 5.56 Å². The van der Waals surface area contributed by atoms with Crippen LogP contribution in [-0.4, -0.2) is 75.3 Å². The third kappa shape index (κ3) is 8.43. The van der Waals surface area contributed by atoms with E-state index in [1.807, 2.05) is 0 Å². The number of hydrogen-bond acceptors (Lipinski definition) is 12. The van der Waals surface area contributed by atoms with Crippen molar-refractivity contribution in [1.82, 2.24) is 20.9 Å². The van der Waals surface area contributed by atoms with Crippen LogP contribution in [-0.2, 0) is 40.2 Å². The van der Waals surface area contributed by atoms with Crippen molar-refractivity contribution in [3.05, 3.63) is 51.0 Å². The van der Waals surface area contributed by atoms with Gasteiger partial charge >= 0.3 is 5.97 Å². The van der Waals surface area contributed by atoms with Crippen LogP contribution in [0.4, 0.5) is 10.8 Å². The minimum absolute atomic E-state index is 0.0458. The number of nitrogens with one attached hydrogen (secondary N) is 4. The number of ether oxygens (including phenoxy) is 1. The van der Waals surface area contributed by atoms with Crippen molar-refractivity contribution in [2.75, 3.05) is 17.7 Å². The first-order chi connectivity index (χ1) is 19.8. The molecule has 18 heteroatoms. The van der Waals surface area contributed by atoms with Crippen LogP contribution >= 0.6 is 22.9 Å². The van der Waals surface area contributed by atoms with E-state index in [4.69, 9.17) is 21.2 Å². The van der Waals surface area contributed by atoms with Crippen LogP contribution in [0.2, 0.25) is 0 Å². The Labute approximate surface area is 247 Å². The zero-order valence-corrected chi connectivity index (χ0v) is 24.0. The zero-order valence-electron chi connectivity index (χ0n) is 22.5. The normalized spacial score (nSPS) is 16.4. The minimum atomic E-state index is -1.72. The number of nitro groups is 1. The fourth-order valence-corrected chi connectivity index (χ4v) is 4.05. The van der Waals surface area contributed by atoms with E-state index in [1.165, 1.54) is 50.4 Å². The SMILES string of the molecule is CC(=O)NC[C@H]1NC(=O)[C@H]1NC(=O)C(=NOC(C)(C)C(=O)OCc1ccc([N+](=O)[O-])cc1)c1csc(NC(=O)CCl)n1. The van der Waals surface area contributed by atoms with E-state index in [9.17, 15) is 34.1 Å². The van der Waals surface area contributed by atoms with Gasteiger partial charge in [-0.3, -0.25) is 29.3 Å². The summed E-state index contributed by atoms with van der Waals surface area (Å²) in [5.41, 5.74) is -1.83. The topological polar surface area (TPSA) is 220 Å². The number of alkyl halides is 1. The van der Waals surface area contributed by atoms with E-state index in [1.54, 1.807) is 0 Å². The fourth-order valence-electron chi connectivity index (χ4n) is 3.27. The number of aromatic nitrogens is 1. The van der Waals surface area contributed by atoms with Crippen LogP contribution in [0.1, 0.15) is 32.0 Å². The third-order valence-electron chi connectivity index (χ3n) is 5.57. The highest BCUT2D eigenvalue weighted by atomic mass is 35.5. The maximum atomic E-state index is 13.2. The molecule has 16 nitrogen and oxygen atoms in total. The molecule has 1 aliphatic rings. The number of hydrogen-bond donors (Lipinski definition) is 4. The molecule has 224 valence electrons. The lowest BCUT2D eigenvalue weighted by Crippen LogP contribution is -2.72. The largest absolute Gasteiger partial charge is 0.458 e. The molecule has 1 saturated heterocycles. The molecule has 0 spiro atoms. The first-order valence-corrected chi connectivity index (χ1v) is 13.6. The van der Waals surface area contributed by atoms with Crippen molar-refractivity contribution in [3.8, 4) is 0 Å². The smallest absolute Gasteiger partial charge is 0.353 e. The molecule has 1 aliphatic heterocycles. The van der Waals surface area contributed by atoms with Gasteiger partial charge in [0.05, 0.1) is 11.0 Å². The number of halogens is 1. The summed E-state index contributed by atoms with van der Waals surface area (Å²) in [5, 5.41) is 26.2. The molecule has 4 amide bonds. The molecule has 1 fully saturated rings. The van der Waals surface area contributed by atoms with Crippen molar-refractivity contribution in [2.45, 2.75) is 45.1 Å². The van der Waals surface area contributed by atoms with Gasteiger partial charge in [-0.15, -0.1) is 22.9 Å². The summed E-state index contributed by atoms with van der Waals surface area (Å²) in [6, 6.07) is 3.79. The van der Waals surface area contributed by atoms with Crippen LogP contribution in [0.15, 0.2) is 34.8 Å². The Hall–Kier alpha value is -4.64. The van der Waals surface area contributed by atoms with Gasteiger partial charge in [-0.1, -0.05) is 5.16 Å². The fraction of sp³-hybridized carbons (Fsp3) is 0.375. The quantitative estimate of drug-likeness (QED) is 0.0607. The number of β-lactam (4-membered cyclic amide) rings is 1. The first kappa shape index (κ1) is 31.9. The maximum absolute atomic E-state index is 13.2. The number of amides is 4. The van der Waals surface area contributed by atoms with Gasteiger partial charge in [0.1, 0.15) is 24.2 Å². The monoisotopic (exact) mass is 623 g/mol. The standard InChI is InChI=1S/C24H26ClN7O9S/c1-12(33)26-9-15-18(20(35)27-15)30-21(36)19(16-11-42-23(28-16)29-17(34)8-25)31-41-24(2,3)22(37)40-10-13-4-6-14(7-5-13)32(38)39/h4-7,11,15,18H,8-10H2,1-3H3,(H,26,33)(H,27,35)(H,30,36)(H,28,29,34)/t15-,18+/m1/s1. The second-order valence-corrected chi connectivity index (χ2v) is 10.4. The van der Waals surface area contributed by atoms with Crippen LogP contribution in [0, 0.1) is 10.1 Å². The van der Waals surface area contributed by atoms with Gasteiger partial charge in [0, 0.05) is 31.0 Å². The highest BCUT2D eigenvalue weighted by molar-refractivity contribution is 7.14. The molecular formula is C24H26ClN7O9S. The molecule has 1 aromatic carbocycles. The third-order valence-corrected chi connectivity index (χ3v) is 6.57. The molecule has 0 unspecified atom stereocenters. The minimum Gasteiger partial charge on any atom is -0.458 e. The van der Waals surface area contributed by atoms with Gasteiger partial charge in [-0.2, -0.15) is 0 Å². The Morgan fingerprint density at radius 2 is 1.93 bits per heavy atom. The van der Waals surface area contributed by atoms with Gasteiger partial charge in [-0.25, -0.2) is 9.78 Å². The Morgan fingerprint density at radius 1 is 1.24 bits per heavy atom. The predicted octanol–water partition coefficient (Wildman–Crippen LogP) is 0.591. The number of rotatable bonds is 13. The molecule has 4 N–H and O–H groups in total. The summed E-state index contributed by atoms with van der Waals surface area (Å²) in [5.74, 6) is -3.46. The Balaban J connectivity index is 1.76. The Bertz CT molecular complexity index is 1410. The van der Waals surface area contributed by atoms with Crippen molar-refractivity contribution in [2.24, 2.45) is 5.16 Å². The van der Waals surface area contributed by atoms with Crippen LogP contribution < -0.4 is 21.3 Å². The van der Waals surface area contributed by atoms with Gasteiger partial charge in [0.25, 0.3) is 11.6 Å². The molecule has 1 aromatic heterocycles. The summed E-state index contributed by atoms with van der Waals surface area (Å²) >= 11 is 6.47. The van der Waals surface area contributed by atoms with Gasteiger partial charge in [0.15, 0.2) is 10.8 Å². The van der Waals surface area contributed by atoms with Crippen molar-refractivity contribution in [1.29, 1.82) is 0 Å². The number of nitro benzene ring substituents is 1. The van der Waals surface area contributed by atoms with E-state index in [-0.39, 0.29) is 41.5 Å². The van der Waals surface area contributed by atoms with Crippen molar-refractivity contribution >= 4 is 69.1 Å². The van der Waals surface area contributed by atoms with Crippen molar-refractivity contribution < 1.29 is 38.5 Å². The second kappa shape index (κ2) is 13.8. The predicted molar refractivity (Wildman–Crippen MR) is 149 cm³/mol. The van der Waals surface area contributed by atoms with Crippen LogP contribution in [0.3, 0.4) is 0 Å². The summed E-state index contributed by atoms with van der Waals surface area (Å²) in [7, 11) is 0. The number of oxime groups is 1. The molecule has 3 rings (SSSR count). The average Bonchev–Trinajstić information content (AvgIpc) is 3.40. The van der Waals surface area contributed by atoms with Crippen LogP contribution in [0.25, 0.3) is 0 Å². The summed E-state index contributed by atoms with van der Waals surface area (Å²) < 4.78 is 5.25. The number of thiazole rings is 1. The van der Waals surface area contributed by atoms with E-state index in [0.717, 1.165) is 11.3 Å². The molecular weight excluding hydrogens is 598 g/mol. The number of carbonyl (C=O) groups is 5. The Morgan fingerprint density at radius 3 is 2.52 bits per heavy atom. The highest BCUT2D eigenvalue weighted by Crippen LogP contribution is 2.20. The number of benzene rings is 1. The van der Waals surface area contributed by atoms with E-state index >= 15 is 0 Å². The lowest BCUT2D eigenvalue weighted by atomic mass is 9.98. The first-order valence-electron chi connectivity index (χ1n) is 12.1. The number of non-ortho nitro benzene ring substituents is 1. The molecule has 0 saturated carbocycles. The lowest BCUT2D eigenvalue weighted by molar-refractivity contribution is -0.384. The number of carbonyl (C=O) groups excluding carboxylic acids is 5. The Kier molecular flexibility index (Phi) is 10.5. The van der Waals surface area contributed by atoms with Gasteiger partial charge in [0.2, 0.25) is 23.3 Å². The molecule has 42 heavy (non-hydrogen) atoms.